The van der Waals surface area contributed by atoms with Gasteiger partial charge in [-0.15, -0.1) is 0 Å². The highest BCUT2D eigenvalue weighted by atomic mass is 28.3. The van der Waals surface area contributed by atoms with Crippen molar-refractivity contribution in [2.45, 2.75) is 84.5 Å². The lowest BCUT2D eigenvalue weighted by Gasteiger charge is -2.24. The third-order valence-electron chi connectivity index (χ3n) is 3.43. The molecule has 22 heavy (non-hydrogen) atoms. The molecule has 0 saturated carbocycles. The first-order chi connectivity index (χ1) is 9.93. The van der Waals surface area contributed by atoms with Gasteiger partial charge in [0.1, 0.15) is 0 Å². The van der Waals surface area contributed by atoms with Crippen molar-refractivity contribution in [2.24, 2.45) is 5.92 Å². The highest BCUT2D eigenvalue weighted by molar-refractivity contribution is 6.78. The van der Waals surface area contributed by atoms with E-state index in [1.54, 1.807) is 5.57 Å². The van der Waals surface area contributed by atoms with Gasteiger partial charge in [-0.25, -0.2) is 0 Å². The van der Waals surface area contributed by atoms with Crippen molar-refractivity contribution in [3.05, 3.63) is 11.6 Å². The van der Waals surface area contributed by atoms with E-state index in [2.05, 4.69) is 52.3 Å². The van der Waals surface area contributed by atoms with Gasteiger partial charge < -0.3 is 4.74 Å². The minimum absolute atomic E-state index is 0.0524. The molecule has 0 aromatic rings. The second kappa shape index (κ2) is 9.71. The summed E-state index contributed by atoms with van der Waals surface area (Å²) in [6.07, 6.45) is 5.22. The van der Waals surface area contributed by atoms with Crippen LogP contribution in [0.5, 0.6) is 0 Å². The highest BCUT2D eigenvalue weighted by Gasteiger charge is 2.21. The van der Waals surface area contributed by atoms with Crippen molar-refractivity contribution in [3.63, 3.8) is 0 Å². The van der Waals surface area contributed by atoms with Gasteiger partial charge >= 0.3 is 5.97 Å². The zero-order valence-corrected chi connectivity index (χ0v) is 18.2. The predicted molar refractivity (Wildman–Crippen MR) is 104 cm³/mol. The fourth-order valence-electron chi connectivity index (χ4n) is 2.75. The van der Waals surface area contributed by atoms with Crippen LogP contribution in [-0.4, -0.2) is 28.7 Å². The fourth-order valence-corrected chi connectivity index (χ4v) is 6.26. The van der Waals surface area contributed by atoms with Gasteiger partial charge in [-0.1, -0.05) is 57.9 Å². The second-order valence-corrected chi connectivity index (χ2v) is 20.0. The second-order valence-electron chi connectivity index (χ2n) is 9.03. The van der Waals surface area contributed by atoms with Crippen molar-refractivity contribution >= 4 is 22.1 Å². The molecule has 0 saturated heterocycles. The first-order valence-electron chi connectivity index (χ1n) is 8.76. The van der Waals surface area contributed by atoms with E-state index in [1.807, 2.05) is 6.92 Å². The lowest BCUT2D eigenvalue weighted by Crippen LogP contribution is -2.25. The minimum Gasteiger partial charge on any atom is -0.466 e. The standard InChI is InChI=1S/C18H38O2Si2/c1-9-20-18(19)13-16(2)11-10-12-17(14-21(3,4)5)15-22(6,7)8/h12,16H,9-11,13-15H2,1-8H3. The van der Waals surface area contributed by atoms with Gasteiger partial charge in [0.25, 0.3) is 0 Å². The Labute approximate surface area is 140 Å². The molecule has 0 bridgehead atoms. The summed E-state index contributed by atoms with van der Waals surface area (Å²) in [6, 6.07) is 2.65. The van der Waals surface area contributed by atoms with Crippen LogP contribution in [0.15, 0.2) is 11.6 Å². The number of hydrogen-bond acceptors (Lipinski definition) is 2. The number of carbonyl (C=O) groups excluding carboxylic acids is 1. The van der Waals surface area contributed by atoms with Crippen molar-refractivity contribution in [1.29, 1.82) is 0 Å². The number of carbonyl (C=O) groups is 1. The summed E-state index contributed by atoms with van der Waals surface area (Å²) < 4.78 is 5.03. The normalized spacial score (nSPS) is 13.6. The summed E-state index contributed by atoms with van der Waals surface area (Å²) in [4.78, 5) is 11.5. The Morgan fingerprint density at radius 1 is 1.05 bits per heavy atom. The van der Waals surface area contributed by atoms with Crippen LogP contribution in [0, 0.1) is 5.92 Å². The van der Waals surface area contributed by atoms with Crippen molar-refractivity contribution < 1.29 is 9.53 Å². The molecule has 0 aromatic heterocycles. The minimum atomic E-state index is -1.05. The molecular weight excluding hydrogens is 304 g/mol. The SMILES string of the molecule is CCOC(=O)CC(C)CCC=C(C[Si](C)(C)C)C[Si](C)(C)C. The Kier molecular flexibility index (Phi) is 9.55. The van der Waals surface area contributed by atoms with Crippen molar-refractivity contribution in [3.8, 4) is 0 Å². The molecule has 0 aromatic carbocycles. The molecule has 0 aliphatic carbocycles. The number of ether oxygens (including phenoxy) is 1. The van der Waals surface area contributed by atoms with Gasteiger partial charge in [0.05, 0.1) is 6.61 Å². The Hall–Kier alpha value is -0.356. The lowest BCUT2D eigenvalue weighted by molar-refractivity contribution is -0.144. The van der Waals surface area contributed by atoms with Crippen LogP contribution in [0.1, 0.15) is 33.1 Å². The van der Waals surface area contributed by atoms with Gasteiger partial charge in [-0.3, -0.25) is 4.79 Å². The topological polar surface area (TPSA) is 26.3 Å². The molecule has 0 heterocycles. The number of esters is 1. The Morgan fingerprint density at radius 3 is 1.95 bits per heavy atom. The van der Waals surface area contributed by atoms with Gasteiger partial charge in [0.15, 0.2) is 0 Å². The third-order valence-corrected chi connectivity index (χ3v) is 6.46. The van der Waals surface area contributed by atoms with Crippen LogP contribution in [0.3, 0.4) is 0 Å². The molecule has 0 fully saturated rings. The highest BCUT2D eigenvalue weighted by Crippen LogP contribution is 2.26. The van der Waals surface area contributed by atoms with E-state index in [4.69, 9.17) is 4.74 Å². The monoisotopic (exact) mass is 342 g/mol. The van der Waals surface area contributed by atoms with Crippen LogP contribution in [-0.2, 0) is 9.53 Å². The molecule has 1 atom stereocenters. The zero-order valence-electron chi connectivity index (χ0n) is 16.2. The molecule has 0 aliphatic heterocycles. The van der Waals surface area contributed by atoms with Crippen LogP contribution in [0.4, 0.5) is 0 Å². The first-order valence-corrected chi connectivity index (χ1v) is 16.2. The van der Waals surface area contributed by atoms with E-state index in [9.17, 15) is 4.79 Å². The molecule has 1 unspecified atom stereocenters. The number of allylic oxidation sites excluding steroid dienone is 2. The fraction of sp³-hybridized carbons (Fsp3) is 0.833. The summed E-state index contributed by atoms with van der Waals surface area (Å²) in [5, 5.41) is 0. The van der Waals surface area contributed by atoms with E-state index in [1.165, 1.54) is 12.1 Å². The third kappa shape index (κ3) is 13.3. The van der Waals surface area contributed by atoms with Gasteiger partial charge in [0, 0.05) is 22.6 Å². The maximum atomic E-state index is 11.5. The first kappa shape index (κ1) is 21.6. The van der Waals surface area contributed by atoms with Gasteiger partial charge in [-0.2, -0.15) is 0 Å². The summed E-state index contributed by atoms with van der Waals surface area (Å²) in [5.74, 6) is 0.360. The van der Waals surface area contributed by atoms with Crippen LogP contribution < -0.4 is 0 Å². The Morgan fingerprint density at radius 2 is 1.55 bits per heavy atom. The molecule has 0 aliphatic rings. The number of rotatable bonds is 10. The number of hydrogen-bond donors (Lipinski definition) is 0. The average molecular weight is 343 g/mol. The lowest BCUT2D eigenvalue weighted by atomic mass is 10.0. The van der Waals surface area contributed by atoms with E-state index >= 15 is 0 Å². The summed E-state index contributed by atoms with van der Waals surface area (Å²) in [5.41, 5.74) is 1.68. The van der Waals surface area contributed by atoms with E-state index < -0.39 is 16.1 Å². The summed E-state index contributed by atoms with van der Waals surface area (Å²) >= 11 is 0. The van der Waals surface area contributed by atoms with Crippen molar-refractivity contribution in [1.82, 2.24) is 0 Å². The molecule has 0 rings (SSSR count). The van der Waals surface area contributed by atoms with Crippen molar-refractivity contribution in [2.75, 3.05) is 6.61 Å². The van der Waals surface area contributed by atoms with Gasteiger partial charge in [0.2, 0.25) is 0 Å². The summed E-state index contributed by atoms with van der Waals surface area (Å²) in [6.45, 7) is 19.2. The quantitative estimate of drug-likeness (QED) is 0.278. The Balaban J connectivity index is 4.49. The maximum Gasteiger partial charge on any atom is 0.306 e. The van der Waals surface area contributed by atoms with E-state index in [0.717, 1.165) is 12.8 Å². The molecule has 130 valence electrons. The average Bonchev–Trinajstić information content (AvgIpc) is 2.23. The van der Waals surface area contributed by atoms with Crippen LogP contribution in [0.25, 0.3) is 0 Å². The molecule has 0 spiro atoms. The molecule has 4 heteroatoms. The largest absolute Gasteiger partial charge is 0.466 e. The maximum absolute atomic E-state index is 11.5. The van der Waals surface area contributed by atoms with Crippen LogP contribution >= 0.6 is 0 Å². The predicted octanol–water partition coefficient (Wildman–Crippen LogP) is 5.96. The Bertz CT molecular complexity index is 344. The molecule has 0 amide bonds. The zero-order chi connectivity index (χ0) is 17.4. The molecule has 0 N–H and O–H groups in total. The van der Waals surface area contributed by atoms with E-state index in [-0.39, 0.29) is 5.97 Å². The smallest absolute Gasteiger partial charge is 0.306 e. The van der Waals surface area contributed by atoms with Gasteiger partial charge in [-0.05, 0) is 37.8 Å². The molecule has 0 radical (unpaired) electrons. The molecular formula is C18H38O2Si2. The summed E-state index contributed by atoms with van der Waals surface area (Å²) in [7, 11) is -2.11. The molecule has 2 nitrogen and oxygen atoms in total. The van der Waals surface area contributed by atoms with Crippen LogP contribution in [0.2, 0.25) is 51.4 Å². The van der Waals surface area contributed by atoms with E-state index in [0.29, 0.717) is 18.9 Å².